The van der Waals surface area contributed by atoms with Crippen LogP contribution in [-0.4, -0.2) is 34.7 Å². The summed E-state index contributed by atoms with van der Waals surface area (Å²) in [6.07, 6.45) is 0.0799. The van der Waals surface area contributed by atoms with Gasteiger partial charge in [-0.25, -0.2) is 9.18 Å². The second-order valence-corrected chi connectivity index (χ2v) is 9.73. The lowest BCUT2D eigenvalue weighted by Crippen LogP contribution is -2.36. The number of amides is 1. The van der Waals surface area contributed by atoms with E-state index in [4.69, 9.17) is 16.7 Å². The zero-order chi connectivity index (χ0) is 27.2. The number of nitrogens with one attached hydrogen (secondary N) is 1. The Morgan fingerprint density at radius 3 is 2.16 bits per heavy atom. The average Bonchev–Trinajstić information content (AvgIpc) is 2.93. The molecule has 0 radical (unpaired) electrons. The molecular formula is C31H29ClFNO4. The fourth-order valence-corrected chi connectivity index (χ4v) is 5.08. The van der Waals surface area contributed by atoms with Crippen LogP contribution in [0.4, 0.5) is 4.39 Å². The zero-order valence-corrected chi connectivity index (χ0v) is 21.7. The van der Waals surface area contributed by atoms with Crippen LogP contribution in [0.15, 0.2) is 84.9 Å². The van der Waals surface area contributed by atoms with Gasteiger partial charge in [-0.3, -0.25) is 4.79 Å². The Kier molecular flexibility index (Phi) is 8.77. The number of halogens is 2. The van der Waals surface area contributed by atoms with E-state index in [1.165, 1.54) is 6.07 Å². The summed E-state index contributed by atoms with van der Waals surface area (Å²) in [5.41, 5.74) is 3.43. The van der Waals surface area contributed by atoms with Crippen LogP contribution in [0.3, 0.4) is 0 Å². The number of benzene rings is 4. The van der Waals surface area contributed by atoms with Crippen molar-refractivity contribution in [1.29, 1.82) is 0 Å². The van der Waals surface area contributed by atoms with Crippen molar-refractivity contribution in [3.05, 3.63) is 118 Å². The molecule has 0 saturated heterocycles. The van der Waals surface area contributed by atoms with Crippen molar-refractivity contribution in [2.75, 3.05) is 6.54 Å². The van der Waals surface area contributed by atoms with Crippen molar-refractivity contribution in [2.45, 2.75) is 37.7 Å². The van der Waals surface area contributed by atoms with Gasteiger partial charge in [0.25, 0.3) is 5.91 Å². The van der Waals surface area contributed by atoms with Gasteiger partial charge in [0.2, 0.25) is 0 Å². The van der Waals surface area contributed by atoms with E-state index >= 15 is 0 Å². The van der Waals surface area contributed by atoms with Crippen molar-refractivity contribution in [3.63, 3.8) is 0 Å². The van der Waals surface area contributed by atoms with Gasteiger partial charge >= 0.3 is 5.97 Å². The quantitative estimate of drug-likeness (QED) is 0.216. The minimum Gasteiger partial charge on any atom is -0.479 e. The van der Waals surface area contributed by atoms with E-state index < -0.39 is 18.0 Å². The lowest BCUT2D eigenvalue weighted by Gasteiger charge is -2.30. The fourth-order valence-electron chi connectivity index (χ4n) is 4.95. The maximum absolute atomic E-state index is 14.7. The van der Waals surface area contributed by atoms with E-state index in [0.717, 1.165) is 34.9 Å². The van der Waals surface area contributed by atoms with Gasteiger partial charge in [0.1, 0.15) is 5.82 Å². The normalized spacial score (nSPS) is 13.6. The molecule has 0 aliphatic rings. The molecule has 0 aromatic heterocycles. The van der Waals surface area contributed by atoms with Crippen molar-refractivity contribution in [1.82, 2.24) is 5.32 Å². The second kappa shape index (κ2) is 12.2. The third kappa shape index (κ3) is 6.04. The number of carboxylic acids is 1. The average molecular weight is 534 g/mol. The van der Waals surface area contributed by atoms with Gasteiger partial charge in [0.15, 0.2) is 6.10 Å². The van der Waals surface area contributed by atoms with Crippen LogP contribution in [0.2, 0.25) is 5.02 Å². The van der Waals surface area contributed by atoms with Gasteiger partial charge < -0.3 is 15.5 Å². The molecule has 0 saturated carbocycles. The first-order valence-electron chi connectivity index (χ1n) is 12.5. The highest BCUT2D eigenvalue weighted by Gasteiger charge is 2.28. The third-order valence-electron chi connectivity index (χ3n) is 6.81. The van der Waals surface area contributed by atoms with Crippen molar-refractivity contribution >= 4 is 34.2 Å². The summed E-state index contributed by atoms with van der Waals surface area (Å²) in [7, 11) is 0. The molecule has 196 valence electrons. The van der Waals surface area contributed by atoms with E-state index in [0.29, 0.717) is 16.0 Å². The molecule has 1 amide bonds. The van der Waals surface area contributed by atoms with Crippen LogP contribution in [0.25, 0.3) is 10.8 Å². The lowest BCUT2D eigenvalue weighted by atomic mass is 9.74. The number of carbonyl (C=O) groups excluding carboxylic acids is 1. The van der Waals surface area contributed by atoms with Crippen molar-refractivity contribution in [2.24, 2.45) is 0 Å². The molecule has 0 fully saturated rings. The number of carboxylic acid groups (broad SMARTS) is 1. The Morgan fingerprint density at radius 2 is 1.53 bits per heavy atom. The van der Waals surface area contributed by atoms with Crippen molar-refractivity contribution < 1.29 is 24.2 Å². The Morgan fingerprint density at radius 1 is 0.895 bits per heavy atom. The standard InChI is InChI=1S/C31H29ClFNO4/c1-2-5-23(19-8-10-21(11-9-19)30(36)34-18-28(35)31(37)38)29(20-12-14-22(32)15-13-20)26-16-17-27(33)25-7-4-3-6-24(25)26/h3-4,6-17,23,28-29,35H,2,5,18H2,1H3,(H,34,36)(H,37,38)/t23-,28+,29?/m1/s1. The molecule has 0 aliphatic heterocycles. The Balaban J connectivity index is 1.75. The summed E-state index contributed by atoms with van der Waals surface area (Å²) >= 11 is 6.21. The van der Waals surface area contributed by atoms with E-state index in [-0.39, 0.29) is 24.2 Å². The summed E-state index contributed by atoms with van der Waals surface area (Å²) in [5.74, 6) is -2.23. The lowest BCUT2D eigenvalue weighted by molar-refractivity contribution is -0.146. The highest BCUT2D eigenvalue weighted by molar-refractivity contribution is 6.30. The monoisotopic (exact) mass is 533 g/mol. The Labute approximate surface area is 225 Å². The maximum atomic E-state index is 14.7. The molecule has 1 unspecified atom stereocenters. The van der Waals surface area contributed by atoms with E-state index in [1.54, 1.807) is 18.2 Å². The first-order chi connectivity index (χ1) is 18.3. The number of carbonyl (C=O) groups is 2. The topological polar surface area (TPSA) is 86.6 Å². The summed E-state index contributed by atoms with van der Waals surface area (Å²) in [5, 5.41) is 22.7. The molecule has 0 bridgehead atoms. The minimum atomic E-state index is -1.67. The molecule has 0 spiro atoms. The number of hydrogen-bond acceptors (Lipinski definition) is 3. The highest BCUT2D eigenvalue weighted by atomic mass is 35.5. The molecule has 4 rings (SSSR count). The van der Waals surface area contributed by atoms with Gasteiger partial charge in [-0.15, -0.1) is 0 Å². The molecule has 38 heavy (non-hydrogen) atoms. The Hall–Kier alpha value is -3.74. The summed E-state index contributed by atoms with van der Waals surface area (Å²) in [4.78, 5) is 23.3. The largest absolute Gasteiger partial charge is 0.479 e. The zero-order valence-electron chi connectivity index (χ0n) is 20.9. The predicted octanol–water partition coefficient (Wildman–Crippen LogP) is 6.52. The highest BCUT2D eigenvalue weighted by Crippen LogP contribution is 2.44. The van der Waals surface area contributed by atoms with Gasteiger partial charge in [-0.1, -0.05) is 79.5 Å². The molecular weight excluding hydrogens is 505 g/mol. The molecule has 5 nitrogen and oxygen atoms in total. The van der Waals surface area contributed by atoms with Crippen LogP contribution in [-0.2, 0) is 4.79 Å². The maximum Gasteiger partial charge on any atom is 0.334 e. The van der Waals surface area contributed by atoms with Crippen LogP contribution in [0.5, 0.6) is 0 Å². The van der Waals surface area contributed by atoms with Crippen LogP contribution >= 0.6 is 11.6 Å². The van der Waals surface area contributed by atoms with Crippen LogP contribution < -0.4 is 5.32 Å². The van der Waals surface area contributed by atoms with Gasteiger partial charge in [0.05, 0.1) is 6.54 Å². The molecule has 0 heterocycles. The minimum absolute atomic E-state index is 0.0148. The first-order valence-corrected chi connectivity index (χ1v) is 12.9. The number of fused-ring (bicyclic) bond motifs is 1. The molecule has 4 aromatic rings. The third-order valence-corrected chi connectivity index (χ3v) is 7.06. The molecule has 7 heteroatoms. The van der Waals surface area contributed by atoms with Gasteiger partial charge in [-0.05, 0) is 64.7 Å². The number of aliphatic hydroxyl groups is 1. The SMILES string of the molecule is CCC[C@H](c1ccc(C(=O)NC[C@H](O)C(=O)O)cc1)C(c1ccc(Cl)cc1)c1ccc(F)c2ccccc12. The van der Waals surface area contributed by atoms with E-state index in [2.05, 4.69) is 12.2 Å². The fraction of sp³-hybridized carbons (Fsp3) is 0.226. The molecule has 4 aromatic carbocycles. The van der Waals surface area contributed by atoms with Crippen LogP contribution in [0.1, 0.15) is 58.6 Å². The number of aliphatic hydroxyl groups excluding tert-OH is 1. The summed E-state index contributed by atoms with van der Waals surface area (Å²) in [6.45, 7) is 1.73. The summed E-state index contributed by atoms with van der Waals surface area (Å²) < 4.78 is 14.7. The smallest absolute Gasteiger partial charge is 0.334 e. The van der Waals surface area contributed by atoms with Gasteiger partial charge in [0, 0.05) is 21.9 Å². The molecule has 3 atom stereocenters. The number of hydrogen-bond donors (Lipinski definition) is 3. The Bertz CT molecular complexity index is 1420. The second-order valence-electron chi connectivity index (χ2n) is 9.29. The predicted molar refractivity (Wildman–Crippen MR) is 147 cm³/mol. The molecule has 0 aliphatic carbocycles. The number of aliphatic carboxylic acids is 1. The molecule has 3 N–H and O–H groups in total. The van der Waals surface area contributed by atoms with Gasteiger partial charge in [-0.2, -0.15) is 0 Å². The van der Waals surface area contributed by atoms with Crippen molar-refractivity contribution in [3.8, 4) is 0 Å². The number of rotatable bonds is 10. The first kappa shape index (κ1) is 27.3. The van der Waals surface area contributed by atoms with Crippen LogP contribution in [0, 0.1) is 5.82 Å². The van der Waals surface area contributed by atoms with E-state index in [9.17, 15) is 19.1 Å². The van der Waals surface area contributed by atoms with E-state index in [1.807, 2.05) is 60.7 Å². The summed E-state index contributed by atoms with van der Waals surface area (Å²) in [6, 6.07) is 25.8.